The van der Waals surface area contributed by atoms with Crippen LogP contribution in [0, 0.1) is 17.8 Å². The molecule has 0 heterocycles. The Hall–Kier alpha value is -0.130. The summed E-state index contributed by atoms with van der Waals surface area (Å²) in [4.78, 5) is 0. The van der Waals surface area contributed by atoms with Gasteiger partial charge in [0, 0.05) is 6.54 Å². The maximum Gasteiger partial charge on any atom is 0.208 e. The molecule has 5 heteroatoms. The number of rotatable bonds is 5. The van der Waals surface area contributed by atoms with Gasteiger partial charge < -0.3 is 4.74 Å². The van der Waals surface area contributed by atoms with Gasteiger partial charge in [-0.25, -0.2) is 13.1 Å². The molecule has 0 spiro atoms. The van der Waals surface area contributed by atoms with Gasteiger partial charge in [0.05, 0.1) is 18.0 Å². The zero-order valence-electron chi connectivity index (χ0n) is 11.9. The number of ether oxygens (including phenoxy) is 1. The standard InChI is InChI=1S/C14H25NO3S/c1-10(9-15-19(2,16)17)18-14-6-11-3-12(7-14)5-13(4-11)8-14/h10-13,15H,3-9H2,1-2H3/t10-,11?,12?,13?,14?/m0/s1. The Labute approximate surface area is 116 Å². The minimum Gasteiger partial charge on any atom is -0.371 e. The molecule has 1 N–H and O–H groups in total. The monoisotopic (exact) mass is 287 g/mol. The van der Waals surface area contributed by atoms with Gasteiger partial charge in [-0.1, -0.05) is 0 Å². The Morgan fingerprint density at radius 1 is 1.16 bits per heavy atom. The molecule has 4 saturated carbocycles. The molecule has 0 radical (unpaired) electrons. The topological polar surface area (TPSA) is 55.4 Å². The molecule has 0 saturated heterocycles. The summed E-state index contributed by atoms with van der Waals surface area (Å²) in [5.74, 6) is 2.59. The average molecular weight is 287 g/mol. The second-order valence-corrected chi connectivity index (χ2v) is 8.98. The van der Waals surface area contributed by atoms with Crippen molar-refractivity contribution in [1.82, 2.24) is 4.72 Å². The molecule has 4 nitrogen and oxygen atoms in total. The van der Waals surface area contributed by atoms with Crippen LogP contribution in [0.1, 0.15) is 45.4 Å². The predicted octanol–water partition coefficient (Wildman–Crippen LogP) is 1.91. The van der Waals surface area contributed by atoms with Gasteiger partial charge in [0.1, 0.15) is 0 Å². The molecule has 4 rings (SSSR count). The zero-order valence-corrected chi connectivity index (χ0v) is 12.7. The first-order valence-electron chi connectivity index (χ1n) is 7.46. The number of hydrogen-bond acceptors (Lipinski definition) is 3. The predicted molar refractivity (Wildman–Crippen MR) is 74.3 cm³/mol. The lowest BCUT2D eigenvalue weighted by Gasteiger charge is -2.57. The number of nitrogens with one attached hydrogen (secondary N) is 1. The zero-order chi connectivity index (χ0) is 13.7. The van der Waals surface area contributed by atoms with E-state index in [4.69, 9.17) is 4.74 Å². The van der Waals surface area contributed by atoms with Gasteiger partial charge in [0.15, 0.2) is 0 Å². The van der Waals surface area contributed by atoms with Crippen LogP contribution in [0.4, 0.5) is 0 Å². The van der Waals surface area contributed by atoms with E-state index in [2.05, 4.69) is 4.72 Å². The summed E-state index contributed by atoms with van der Waals surface area (Å²) in [5, 5.41) is 0. The highest BCUT2D eigenvalue weighted by atomic mass is 32.2. The highest BCUT2D eigenvalue weighted by Gasteiger charge is 2.52. The van der Waals surface area contributed by atoms with Crippen molar-refractivity contribution in [2.45, 2.75) is 57.2 Å². The third-order valence-electron chi connectivity index (χ3n) is 5.07. The van der Waals surface area contributed by atoms with Crippen LogP contribution in [-0.4, -0.2) is 32.9 Å². The quantitative estimate of drug-likeness (QED) is 0.840. The smallest absolute Gasteiger partial charge is 0.208 e. The minimum atomic E-state index is -3.12. The third-order valence-corrected chi connectivity index (χ3v) is 5.76. The van der Waals surface area contributed by atoms with Crippen molar-refractivity contribution in [2.24, 2.45) is 17.8 Å². The lowest BCUT2D eigenvalue weighted by molar-refractivity contribution is -0.182. The fourth-order valence-electron chi connectivity index (χ4n) is 4.91. The minimum absolute atomic E-state index is 0.0361. The van der Waals surface area contributed by atoms with Crippen LogP contribution in [-0.2, 0) is 14.8 Å². The molecule has 19 heavy (non-hydrogen) atoms. The van der Waals surface area contributed by atoms with Crippen LogP contribution < -0.4 is 4.72 Å². The van der Waals surface area contributed by atoms with E-state index in [9.17, 15) is 8.42 Å². The molecular formula is C14H25NO3S. The van der Waals surface area contributed by atoms with E-state index in [0.717, 1.165) is 17.8 Å². The molecule has 0 aromatic rings. The fourth-order valence-corrected chi connectivity index (χ4v) is 5.45. The summed E-state index contributed by atoms with van der Waals surface area (Å²) in [6, 6.07) is 0. The maximum absolute atomic E-state index is 11.1. The third kappa shape index (κ3) is 3.14. The van der Waals surface area contributed by atoms with Crippen molar-refractivity contribution in [3.8, 4) is 0 Å². The first-order chi connectivity index (χ1) is 8.84. The van der Waals surface area contributed by atoms with Crippen molar-refractivity contribution in [1.29, 1.82) is 0 Å². The lowest BCUT2D eigenvalue weighted by Crippen LogP contribution is -2.53. The second-order valence-electron chi connectivity index (χ2n) is 7.15. The molecule has 0 aromatic carbocycles. The Balaban J connectivity index is 1.60. The van der Waals surface area contributed by atoms with Crippen molar-refractivity contribution >= 4 is 10.0 Å². The molecule has 0 unspecified atom stereocenters. The van der Waals surface area contributed by atoms with Crippen LogP contribution in [0.3, 0.4) is 0 Å². The number of hydrogen-bond donors (Lipinski definition) is 1. The SMILES string of the molecule is C[C@@H](CNS(C)(=O)=O)OC12CC3CC(CC(C3)C1)C2. The van der Waals surface area contributed by atoms with Gasteiger partial charge in [-0.15, -0.1) is 0 Å². The summed E-state index contributed by atoms with van der Waals surface area (Å²) in [6.45, 7) is 2.37. The Morgan fingerprint density at radius 3 is 2.05 bits per heavy atom. The maximum atomic E-state index is 11.1. The van der Waals surface area contributed by atoms with Crippen LogP contribution >= 0.6 is 0 Å². The van der Waals surface area contributed by atoms with Crippen LogP contribution in [0.2, 0.25) is 0 Å². The first-order valence-corrected chi connectivity index (χ1v) is 9.35. The van der Waals surface area contributed by atoms with Crippen molar-refractivity contribution in [3.63, 3.8) is 0 Å². The van der Waals surface area contributed by atoms with E-state index in [1.807, 2.05) is 6.92 Å². The molecule has 4 aliphatic rings. The molecule has 0 aliphatic heterocycles. The molecular weight excluding hydrogens is 262 g/mol. The van der Waals surface area contributed by atoms with Gasteiger partial charge in [-0.3, -0.25) is 0 Å². The second kappa shape index (κ2) is 4.71. The number of sulfonamides is 1. The van der Waals surface area contributed by atoms with Crippen LogP contribution in [0.15, 0.2) is 0 Å². The van der Waals surface area contributed by atoms with Crippen molar-refractivity contribution in [3.05, 3.63) is 0 Å². The van der Waals surface area contributed by atoms with Gasteiger partial charge in [0.25, 0.3) is 0 Å². The molecule has 4 fully saturated rings. The lowest BCUT2D eigenvalue weighted by atomic mass is 9.54. The summed E-state index contributed by atoms with van der Waals surface area (Å²) < 4.78 is 31.1. The van der Waals surface area contributed by atoms with E-state index in [1.165, 1.54) is 44.8 Å². The van der Waals surface area contributed by atoms with Crippen LogP contribution in [0.25, 0.3) is 0 Å². The first kappa shape index (κ1) is 13.8. The van der Waals surface area contributed by atoms with E-state index in [1.54, 1.807) is 0 Å². The fraction of sp³-hybridized carbons (Fsp3) is 1.00. The van der Waals surface area contributed by atoms with E-state index in [-0.39, 0.29) is 11.7 Å². The average Bonchev–Trinajstić information content (AvgIpc) is 2.22. The molecule has 4 bridgehead atoms. The summed E-state index contributed by atoms with van der Waals surface area (Å²) >= 11 is 0. The van der Waals surface area contributed by atoms with E-state index >= 15 is 0 Å². The Kier molecular flexibility index (Phi) is 3.43. The highest BCUT2D eigenvalue weighted by molar-refractivity contribution is 7.88. The Morgan fingerprint density at radius 2 is 1.63 bits per heavy atom. The van der Waals surface area contributed by atoms with Crippen LogP contribution in [0.5, 0.6) is 0 Å². The van der Waals surface area contributed by atoms with E-state index < -0.39 is 10.0 Å². The van der Waals surface area contributed by atoms with Gasteiger partial charge in [0.2, 0.25) is 10.0 Å². The van der Waals surface area contributed by atoms with Crippen molar-refractivity contribution < 1.29 is 13.2 Å². The molecule has 0 aromatic heterocycles. The van der Waals surface area contributed by atoms with Gasteiger partial charge >= 0.3 is 0 Å². The van der Waals surface area contributed by atoms with Gasteiger partial charge in [-0.05, 0) is 63.2 Å². The molecule has 0 amide bonds. The summed E-state index contributed by atoms with van der Waals surface area (Å²) in [6.07, 6.45) is 8.96. The van der Waals surface area contributed by atoms with Gasteiger partial charge in [-0.2, -0.15) is 0 Å². The molecule has 4 aliphatic carbocycles. The largest absolute Gasteiger partial charge is 0.371 e. The highest BCUT2D eigenvalue weighted by Crippen LogP contribution is 2.57. The summed E-state index contributed by atoms with van der Waals surface area (Å²) in [5.41, 5.74) is 0.0628. The molecule has 1 atom stereocenters. The van der Waals surface area contributed by atoms with E-state index in [0.29, 0.717) is 6.54 Å². The van der Waals surface area contributed by atoms with Crippen molar-refractivity contribution in [2.75, 3.05) is 12.8 Å². The Bertz CT molecular complexity index is 410. The summed E-state index contributed by atoms with van der Waals surface area (Å²) in [7, 11) is -3.12. The molecule has 110 valence electrons. The normalized spacial score (nSPS) is 42.5.